The SMILES string of the molecule is CCCCCCSCSSI. The maximum Gasteiger partial charge on any atom is 0.0503 e. The topological polar surface area (TPSA) is 0 Å². The summed E-state index contributed by atoms with van der Waals surface area (Å²) >= 11 is 4.39. The van der Waals surface area contributed by atoms with E-state index in [0.29, 0.717) is 0 Å². The van der Waals surface area contributed by atoms with Gasteiger partial charge < -0.3 is 0 Å². The van der Waals surface area contributed by atoms with E-state index in [1.54, 1.807) is 0 Å². The predicted molar refractivity (Wildman–Crippen MR) is 70.7 cm³/mol. The van der Waals surface area contributed by atoms with E-state index >= 15 is 0 Å². The molecule has 0 nitrogen and oxygen atoms in total. The molecule has 0 aliphatic heterocycles. The number of hydrogen-bond acceptors (Lipinski definition) is 3. The van der Waals surface area contributed by atoms with Gasteiger partial charge in [0, 0.05) is 21.2 Å². The molecule has 0 heterocycles. The number of halogens is 1. The minimum atomic E-state index is 1.25. The van der Waals surface area contributed by atoms with E-state index < -0.39 is 0 Å². The second-order valence-electron chi connectivity index (χ2n) is 2.27. The van der Waals surface area contributed by atoms with Crippen LogP contribution in [0.25, 0.3) is 0 Å². The summed E-state index contributed by atoms with van der Waals surface area (Å²) in [7, 11) is 3.77. The highest BCUT2D eigenvalue weighted by atomic mass is 127. The summed E-state index contributed by atoms with van der Waals surface area (Å²) in [5.74, 6) is 1.35. The summed E-state index contributed by atoms with van der Waals surface area (Å²) in [6, 6.07) is 0. The lowest BCUT2D eigenvalue weighted by atomic mass is 10.2. The molecule has 0 aromatic heterocycles. The van der Waals surface area contributed by atoms with Gasteiger partial charge in [0.1, 0.15) is 0 Å². The Bertz CT molecular complexity index is 62.7. The van der Waals surface area contributed by atoms with E-state index in [-0.39, 0.29) is 0 Å². The van der Waals surface area contributed by atoms with E-state index in [2.05, 4.69) is 39.9 Å². The predicted octanol–water partition coefficient (Wildman–Crippen LogP) is 4.99. The molecule has 0 unspecified atom stereocenters. The first kappa shape index (κ1) is 12.8. The molecule has 0 rings (SSSR count). The fourth-order valence-corrected chi connectivity index (χ4v) is 5.78. The van der Waals surface area contributed by atoms with Crippen molar-refractivity contribution in [2.75, 3.05) is 10.8 Å². The van der Waals surface area contributed by atoms with Crippen LogP contribution in [0.2, 0.25) is 0 Å². The van der Waals surface area contributed by atoms with E-state index in [9.17, 15) is 0 Å². The molecule has 4 heteroatoms. The Morgan fingerprint density at radius 1 is 1.18 bits per heavy atom. The van der Waals surface area contributed by atoms with E-state index in [1.807, 2.05) is 18.8 Å². The molecule has 0 atom stereocenters. The molecule has 0 aromatic rings. The van der Waals surface area contributed by atoms with Gasteiger partial charge in [0.2, 0.25) is 0 Å². The molecule has 0 aliphatic carbocycles. The Hall–Kier alpha value is 1.78. The van der Waals surface area contributed by atoms with Crippen molar-refractivity contribution in [1.29, 1.82) is 0 Å². The van der Waals surface area contributed by atoms with Crippen LogP contribution in [0, 0.1) is 0 Å². The first-order chi connectivity index (χ1) is 5.41. The van der Waals surface area contributed by atoms with Crippen molar-refractivity contribution < 1.29 is 0 Å². The zero-order valence-electron chi connectivity index (χ0n) is 6.85. The molecule has 0 aliphatic rings. The summed E-state index contributed by atoms with van der Waals surface area (Å²) in [4.78, 5) is 0. The molecule has 0 spiro atoms. The van der Waals surface area contributed by atoms with Crippen molar-refractivity contribution in [3.8, 4) is 0 Å². The number of rotatable bonds is 8. The molecule has 0 fully saturated rings. The molecular formula is C7H15IS3. The molecule has 68 valence electrons. The van der Waals surface area contributed by atoms with Crippen molar-refractivity contribution in [2.45, 2.75) is 32.6 Å². The maximum atomic E-state index is 2.33. The normalized spacial score (nSPS) is 10.4. The molecule has 11 heavy (non-hydrogen) atoms. The summed E-state index contributed by atoms with van der Waals surface area (Å²) in [5.41, 5.74) is 0. The summed E-state index contributed by atoms with van der Waals surface area (Å²) in [6.45, 7) is 2.26. The Morgan fingerprint density at radius 2 is 2.00 bits per heavy atom. The van der Waals surface area contributed by atoms with E-state index in [1.165, 1.54) is 36.5 Å². The minimum Gasteiger partial charge on any atom is -0.150 e. The fourth-order valence-electron chi connectivity index (χ4n) is 0.742. The lowest BCUT2D eigenvalue weighted by Gasteiger charge is -1.98. The molecular weight excluding hydrogens is 307 g/mol. The smallest absolute Gasteiger partial charge is 0.0503 e. The van der Waals surface area contributed by atoms with Crippen molar-refractivity contribution in [2.24, 2.45) is 0 Å². The van der Waals surface area contributed by atoms with Gasteiger partial charge in [-0.05, 0) is 20.1 Å². The number of hydrogen-bond donors (Lipinski definition) is 0. The third-order valence-corrected chi connectivity index (χ3v) is 6.46. The second-order valence-corrected chi connectivity index (χ2v) is 8.71. The largest absolute Gasteiger partial charge is 0.150 e. The maximum absolute atomic E-state index is 2.33. The van der Waals surface area contributed by atoms with Crippen LogP contribution in [0.4, 0.5) is 0 Å². The molecule has 0 aromatic carbocycles. The van der Waals surface area contributed by atoms with Gasteiger partial charge in [-0.2, -0.15) is 11.8 Å². The van der Waals surface area contributed by atoms with Crippen LogP contribution in [0.15, 0.2) is 0 Å². The van der Waals surface area contributed by atoms with Crippen LogP contribution in [-0.4, -0.2) is 10.8 Å². The van der Waals surface area contributed by atoms with Gasteiger partial charge in [0.25, 0.3) is 0 Å². The summed E-state index contributed by atoms with van der Waals surface area (Å²) in [6.07, 6.45) is 5.59. The highest BCUT2D eigenvalue weighted by Gasteiger charge is 1.89. The first-order valence-electron chi connectivity index (χ1n) is 3.89. The number of unbranched alkanes of at least 4 members (excludes halogenated alkanes) is 3. The molecule has 0 amide bonds. The average molecular weight is 322 g/mol. The van der Waals surface area contributed by atoms with Gasteiger partial charge in [-0.15, -0.1) is 0 Å². The molecule has 0 N–H and O–H groups in total. The van der Waals surface area contributed by atoms with Crippen molar-refractivity contribution >= 4 is 51.7 Å². The summed E-state index contributed by atoms with van der Waals surface area (Å²) < 4.78 is 0. The third-order valence-electron chi connectivity index (χ3n) is 1.32. The zero-order valence-corrected chi connectivity index (χ0v) is 11.5. The van der Waals surface area contributed by atoms with Crippen LogP contribution in [0.5, 0.6) is 0 Å². The fraction of sp³-hybridized carbons (Fsp3) is 1.00. The zero-order chi connectivity index (χ0) is 8.36. The van der Waals surface area contributed by atoms with Crippen molar-refractivity contribution in [3.63, 3.8) is 0 Å². The van der Waals surface area contributed by atoms with Gasteiger partial charge >= 0.3 is 0 Å². The van der Waals surface area contributed by atoms with Gasteiger partial charge in [-0.1, -0.05) is 37.0 Å². The first-order valence-corrected chi connectivity index (χ1v) is 9.91. The van der Waals surface area contributed by atoms with Crippen molar-refractivity contribution in [1.82, 2.24) is 0 Å². The lowest BCUT2D eigenvalue weighted by Crippen LogP contribution is -1.80. The van der Waals surface area contributed by atoms with E-state index in [4.69, 9.17) is 0 Å². The standard InChI is InChI=1S/C7H15IS3/c1-2-3-4-5-6-9-7-10-11-8/h2-7H2,1H3. The molecule has 0 saturated carbocycles. The Balaban J connectivity index is 2.69. The Kier molecular flexibility index (Phi) is 13.7. The highest BCUT2D eigenvalue weighted by Crippen LogP contribution is 2.31. The van der Waals surface area contributed by atoms with Gasteiger partial charge in [-0.3, -0.25) is 0 Å². The van der Waals surface area contributed by atoms with Crippen LogP contribution in [0.1, 0.15) is 32.6 Å². The molecule has 0 radical (unpaired) electrons. The molecule has 0 saturated heterocycles. The van der Waals surface area contributed by atoms with Crippen LogP contribution >= 0.6 is 51.7 Å². The highest BCUT2D eigenvalue weighted by molar-refractivity contribution is 14.2. The second kappa shape index (κ2) is 11.8. The quantitative estimate of drug-likeness (QED) is 0.267. The van der Waals surface area contributed by atoms with Crippen LogP contribution in [0.3, 0.4) is 0 Å². The van der Waals surface area contributed by atoms with Gasteiger partial charge in [-0.25, -0.2) is 0 Å². The lowest BCUT2D eigenvalue weighted by molar-refractivity contribution is 0.707. The number of thioether (sulfide) groups is 1. The van der Waals surface area contributed by atoms with Crippen molar-refractivity contribution in [3.05, 3.63) is 0 Å². The average Bonchev–Trinajstić information content (AvgIpc) is 2.03. The monoisotopic (exact) mass is 322 g/mol. The van der Waals surface area contributed by atoms with Gasteiger partial charge in [0.15, 0.2) is 0 Å². The molecule has 0 bridgehead atoms. The third kappa shape index (κ3) is 11.8. The minimum absolute atomic E-state index is 1.25. The Morgan fingerprint density at radius 3 is 2.64 bits per heavy atom. The van der Waals surface area contributed by atoms with Crippen LogP contribution in [-0.2, 0) is 0 Å². The Labute approximate surface area is 94.4 Å². The van der Waals surface area contributed by atoms with E-state index in [0.717, 1.165) is 0 Å². The van der Waals surface area contributed by atoms with Crippen LogP contribution < -0.4 is 0 Å². The van der Waals surface area contributed by atoms with Gasteiger partial charge in [0.05, 0.1) is 5.08 Å². The summed E-state index contributed by atoms with van der Waals surface area (Å²) in [5, 5.41) is 1.25.